The van der Waals surface area contributed by atoms with E-state index in [0.717, 1.165) is 84.5 Å². The van der Waals surface area contributed by atoms with Crippen molar-refractivity contribution in [3.05, 3.63) is 69.8 Å². The standard InChI is InChI=1S/C38H52N8O2/c1-8-46(30-12-10-29(11-13-30)43(4)5)34-21-28(27-9-14-35(39-23-27)45-17-15-44(6)16-18-45)20-32-31(34)22-36(48-7)42-37(32)40-24-33-25(2)19-26(3)41-38(33)47/h9,14,19-23,29-30H,8,10-13,15-18,24H2,1-7H3,(H,40,42)(H,41,47). The van der Waals surface area contributed by atoms with E-state index >= 15 is 0 Å². The minimum absolute atomic E-state index is 0.0782. The average molecular weight is 653 g/mol. The Bertz CT molecular complexity index is 1770. The van der Waals surface area contributed by atoms with Crippen molar-refractivity contribution < 1.29 is 4.74 Å². The molecule has 10 nitrogen and oxygen atoms in total. The van der Waals surface area contributed by atoms with E-state index in [1.54, 1.807) is 7.11 Å². The fourth-order valence-corrected chi connectivity index (χ4v) is 7.52. The molecule has 256 valence electrons. The third-order valence-electron chi connectivity index (χ3n) is 10.4. The number of nitrogens with one attached hydrogen (secondary N) is 2. The number of hydrogen-bond acceptors (Lipinski definition) is 9. The molecule has 2 fully saturated rings. The first-order chi connectivity index (χ1) is 23.1. The van der Waals surface area contributed by atoms with E-state index < -0.39 is 0 Å². The van der Waals surface area contributed by atoms with Gasteiger partial charge in [-0.1, -0.05) is 0 Å². The predicted octanol–water partition coefficient (Wildman–Crippen LogP) is 5.67. The molecule has 2 aliphatic rings. The van der Waals surface area contributed by atoms with Crippen molar-refractivity contribution in [2.75, 3.05) is 76.1 Å². The molecule has 0 unspecified atom stereocenters. The van der Waals surface area contributed by atoms with E-state index in [1.165, 1.54) is 18.5 Å². The van der Waals surface area contributed by atoms with Crippen molar-refractivity contribution in [1.29, 1.82) is 0 Å². The second-order valence-corrected chi connectivity index (χ2v) is 13.8. The number of methoxy groups -OCH3 is 1. The molecule has 48 heavy (non-hydrogen) atoms. The summed E-state index contributed by atoms with van der Waals surface area (Å²) in [5.41, 5.74) is 5.76. The smallest absolute Gasteiger partial charge is 0.253 e. The van der Waals surface area contributed by atoms with Gasteiger partial charge in [0.2, 0.25) is 5.88 Å². The highest BCUT2D eigenvalue weighted by molar-refractivity contribution is 6.04. The highest BCUT2D eigenvalue weighted by Crippen LogP contribution is 2.40. The zero-order valence-corrected chi connectivity index (χ0v) is 29.8. The van der Waals surface area contributed by atoms with Crippen molar-refractivity contribution in [3.8, 4) is 17.0 Å². The SMILES string of the molecule is CCN(c1cc(-c2ccc(N3CCN(C)CC3)nc2)cc2c(NCc3c(C)cc(C)[nH]c3=O)nc(OC)cc12)C1CCC(N(C)C)CC1. The molecule has 6 rings (SSSR count). The van der Waals surface area contributed by atoms with Crippen LogP contribution in [0.5, 0.6) is 5.88 Å². The van der Waals surface area contributed by atoms with E-state index in [-0.39, 0.29) is 5.56 Å². The van der Waals surface area contributed by atoms with Crippen molar-refractivity contribution in [1.82, 2.24) is 24.8 Å². The van der Waals surface area contributed by atoms with Crippen molar-refractivity contribution in [2.24, 2.45) is 0 Å². The molecule has 0 amide bonds. The number of rotatable bonds is 10. The van der Waals surface area contributed by atoms with Gasteiger partial charge in [0.25, 0.3) is 5.56 Å². The van der Waals surface area contributed by atoms with Crippen LogP contribution in [0.1, 0.15) is 49.4 Å². The number of fused-ring (bicyclic) bond motifs is 1. The summed E-state index contributed by atoms with van der Waals surface area (Å²) < 4.78 is 5.76. The summed E-state index contributed by atoms with van der Waals surface area (Å²) in [5, 5.41) is 5.61. The van der Waals surface area contributed by atoms with Gasteiger partial charge in [-0.3, -0.25) is 4.79 Å². The van der Waals surface area contributed by atoms with Crippen molar-refractivity contribution >= 4 is 28.1 Å². The van der Waals surface area contributed by atoms with Crippen LogP contribution in [0.25, 0.3) is 21.9 Å². The number of nitrogens with zero attached hydrogens (tertiary/aromatic N) is 6. The lowest BCUT2D eigenvalue weighted by Gasteiger charge is -2.40. The maximum absolute atomic E-state index is 12.9. The summed E-state index contributed by atoms with van der Waals surface area (Å²) in [6.07, 6.45) is 6.67. The summed E-state index contributed by atoms with van der Waals surface area (Å²) in [4.78, 5) is 35.4. The summed E-state index contributed by atoms with van der Waals surface area (Å²) in [6.45, 7) is 11.4. The van der Waals surface area contributed by atoms with Gasteiger partial charge >= 0.3 is 0 Å². The molecule has 0 radical (unpaired) electrons. The minimum atomic E-state index is -0.0782. The molecule has 4 aromatic rings. The van der Waals surface area contributed by atoms with Gasteiger partial charge in [0.15, 0.2) is 0 Å². The number of H-pyrrole nitrogens is 1. The molecule has 1 saturated heterocycles. The Hall–Kier alpha value is -4.15. The van der Waals surface area contributed by atoms with E-state index in [1.807, 2.05) is 26.1 Å². The highest BCUT2D eigenvalue weighted by Gasteiger charge is 2.28. The number of hydrogen-bond donors (Lipinski definition) is 2. The zero-order valence-electron chi connectivity index (χ0n) is 29.8. The number of piperazine rings is 1. The van der Waals surface area contributed by atoms with Crippen LogP contribution in [-0.4, -0.2) is 97.8 Å². The summed E-state index contributed by atoms with van der Waals surface area (Å²) in [7, 11) is 8.23. The van der Waals surface area contributed by atoms with Crippen molar-refractivity contribution in [2.45, 2.75) is 65.1 Å². The monoisotopic (exact) mass is 652 g/mol. The molecule has 0 bridgehead atoms. The number of benzene rings is 1. The van der Waals surface area contributed by atoms with Gasteiger partial charge in [-0.05, 0) is 109 Å². The minimum Gasteiger partial charge on any atom is -0.481 e. The van der Waals surface area contributed by atoms with Gasteiger partial charge in [-0.25, -0.2) is 4.98 Å². The lowest BCUT2D eigenvalue weighted by atomic mass is 9.88. The molecule has 10 heteroatoms. The first-order valence-corrected chi connectivity index (χ1v) is 17.4. The largest absolute Gasteiger partial charge is 0.481 e. The predicted molar refractivity (Wildman–Crippen MR) is 198 cm³/mol. The molecule has 1 saturated carbocycles. The molecule has 1 aliphatic heterocycles. The molecule has 0 spiro atoms. The second kappa shape index (κ2) is 14.5. The molecule has 1 aromatic carbocycles. The fourth-order valence-electron chi connectivity index (χ4n) is 7.52. The second-order valence-electron chi connectivity index (χ2n) is 13.8. The van der Waals surface area contributed by atoms with Crippen LogP contribution in [0.3, 0.4) is 0 Å². The number of aryl methyl sites for hydroxylation is 2. The Balaban J connectivity index is 1.44. The lowest BCUT2D eigenvalue weighted by Crippen LogP contribution is -2.44. The summed E-state index contributed by atoms with van der Waals surface area (Å²) in [5.74, 6) is 2.26. The zero-order chi connectivity index (χ0) is 33.9. The molecule has 4 heterocycles. The van der Waals surface area contributed by atoms with Crippen LogP contribution in [0.15, 0.2) is 47.4 Å². The van der Waals surface area contributed by atoms with Crippen LogP contribution < -0.4 is 25.4 Å². The molecule has 2 N–H and O–H groups in total. The average Bonchev–Trinajstić information content (AvgIpc) is 3.08. The van der Waals surface area contributed by atoms with Gasteiger partial charge in [-0.15, -0.1) is 0 Å². The van der Waals surface area contributed by atoms with E-state index in [2.05, 4.69) is 88.3 Å². The Morgan fingerprint density at radius 3 is 2.31 bits per heavy atom. The maximum Gasteiger partial charge on any atom is 0.253 e. The fraction of sp³-hybridized carbons (Fsp3) is 0.500. The van der Waals surface area contributed by atoms with Gasteiger partial charge in [0.1, 0.15) is 11.6 Å². The topological polar surface area (TPSA) is 92.9 Å². The summed E-state index contributed by atoms with van der Waals surface area (Å²) in [6, 6.07) is 14.0. The third-order valence-corrected chi connectivity index (χ3v) is 10.4. The van der Waals surface area contributed by atoms with Crippen LogP contribution in [-0.2, 0) is 6.54 Å². The number of aromatic amines is 1. The van der Waals surface area contributed by atoms with E-state index in [4.69, 9.17) is 14.7 Å². The third kappa shape index (κ3) is 7.15. The van der Waals surface area contributed by atoms with Crippen LogP contribution in [0.2, 0.25) is 0 Å². The first-order valence-electron chi connectivity index (χ1n) is 17.4. The molecular weight excluding hydrogens is 600 g/mol. The molecule has 3 aromatic heterocycles. The number of anilines is 3. The van der Waals surface area contributed by atoms with Crippen LogP contribution >= 0.6 is 0 Å². The quantitative estimate of drug-likeness (QED) is 0.225. The number of aromatic nitrogens is 3. The van der Waals surface area contributed by atoms with Gasteiger partial charge in [0.05, 0.1) is 7.11 Å². The van der Waals surface area contributed by atoms with Crippen molar-refractivity contribution in [3.63, 3.8) is 0 Å². The Kier molecular flexibility index (Phi) is 10.2. The Morgan fingerprint density at radius 1 is 0.958 bits per heavy atom. The van der Waals surface area contributed by atoms with E-state index in [9.17, 15) is 4.79 Å². The van der Waals surface area contributed by atoms with Gasteiger partial charge in [0, 0.05) is 96.9 Å². The highest BCUT2D eigenvalue weighted by atomic mass is 16.5. The Morgan fingerprint density at radius 2 is 1.69 bits per heavy atom. The lowest BCUT2D eigenvalue weighted by molar-refractivity contribution is 0.214. The number of likely N-dealkylation sites (N-methyl/N-ethyl adjacent to an activating group) is 1. The normalized spacial score (nSPS) is 18.8. The summed E-state index contributed by atoms with van der Waals surface area (Å²) >= 11 is 0. The van der Waals surface area contributed by atoms with Gasteiger partial charge in [-0.2, -0.15) is 4.98 Å². The van der Waals surface area contributed by atoms with Crippen LogP contribution in [0.4, 0.5) is 17.3 Å². The molecular formula is C38H52N8O2. The first kappa shape index (κ1) is 33.7. The molecule has 1 aliphatic carbocycles. The van der Waals surface area contributed by atoms with Gasteiger partial charge < -0.3 is 34.6 Å². The maximum atomic E-state index is 12.9. The van der Waals surface area contributed by atoms with E-state index in [0.29, 0.717) is 35.9 Å². The molecule has 0 atom stereocenters. The number of ether oxygens (including phenoxy) is 1. The van der Waals surface area contributed by atoms with Crippen LogP contribution in [0, 0.1) is 13.8 Å². The number of pyridine rings is 3. The Labute approximate surface area is 285 Å².